The summed E-state index contributed by atoms with van der Waals surface area (Å²) < 4.78 is 14.0. The second kappa shape index (κ2) is 7.86. The molecule has 1 aromatic carbocycles. The molecule has 1 N–H and O–H groups in total. The first-order valence-electron chi connectivity index (χ1n) is 7.16. The van der Waals surface area contributed by atoms with E-state index in [4.69, 9.17) is 11.6 Å². The van der Waals surface area contributed by atoms with Crippen LogP contribution in [0.25, 0.3) is 0 Å². The van der Waals surface area contributed by atoms with E-state index in [2.05, 4.69) is 19.2 Å². The lowest BCUT2D eigenvalue weighted by Gasteiger charge is -2.33. The number of benzene rings is 1. The highest BCUT2D eigenvalue weighted by atomic mass is 35.5. The Morgan fingerprint density at radius 3 is 2.58 bits per heavy atom. The molecule has 1 unspecified atom stereocenters. The molecule has 1 nitrogen and oxygen atoms in total. The Balaban J connectivity index is 2.98. The fourth-order valence-corrected chi connectivity index (χ4v) is 2.90. The molecule has 0 heterocycles. The van der Waals surface area contributed by atoms with Crippen molar-refractivity contribution in [1.29, 1.82) is 0 Å². The molecule has 0 saturated carbocycles. The molecule has 0 aliphatic carbocycles. The van der Waals surface area contributed by atoms with Crippen molar-refractivity contribution in [1.82, 2.24) is 5.32 Å². The van der Waals surface area contributed by atoms with Crippen LogP contribution >= 0.6 is 11.6 Å². The highest BCUT2D eigenvalue weighted by Gasteiger charge is 2.29. The average Bonchev–Trinajstić information content (AvgIpc) is 2.40. The second-order valence-electron chi connectivity index (χ2n) is 5.36. The van der Waals surface area contributed by atoms with Gasteiger partial charge in [-0.15, -0.1) is 0 Å². The first kappa shape index (κ1) is 16.5. The topological polar surface area (TPSA) is 12.0 Å². The predicted molar refractivity (Wildman–Crippen MR) is 81.3 cm³/mol. The van der Waals surface area contributed by atoms with E-state index in [0.29, 0.717) is 17.0 Å². The van der Waals surface area contributed by atoms with Crippen LogP contribution in [0, 0.1) is 11.2 Å². The fourth-order valence-electron chi connectivity index (χ4n) is 2.67. The van der Waals surface area contributed by atoms with E-state index in [9.17, 15) is 4.39 Å². The van der Waals surface area contributed by atoms with Gasteiger partial charge in [-0.3, -0.25) is 0 Å². The highest BCUT2D eigenvalue weighted by molar-refractivity contribution is 6.31. The van der Waals surface area contributed by atoms with E-state index in [0.717, 1.165) is 25.8 Å². The molecule has 0 aliphatic heterocycles. The minimum absolute atomic E-state index is 0.0938. The van der Waals surface area contributed by atoms with Crippen LogP contribution in [-0.2, 0) is 6.42 Å². The predicted octanol–water partition coefficient (Wildman–Crippen LogP) is 4.83. The minimum atomic E-state index is -0.182. The van der Waals surface area contributed by atoms with Crippen molar-refractivity contribution in [3.63, 3.8) is 0 Å². The molecule has 1 rings (SSSR count). The summed E-state index contributed by atoms with van der Waals surface area (Å²) in [5, 5.41) is 3.81. The SMILES string of the molecule is CCCCC(CC)(CNC)Cc1c(F)cccc1Cl. The molecule has 19 heavy (non-hydrogen) atoms. The third-order valence-corrected chi connectivity index (χ3v) is 4.33. The molecule has 0 fully saturated rings. The van der Waals surface area contributed by atoms with Gasteiger partial charge in [0.15, 0.2) is 0 Å². The number of hydrogen-bond donors (Lipinski definition) is 1. The van der Waals surface area contributed by atoms with Crippen LogP contribution in [0.2, 0.25) is 5.02 Å². The van der Waals surface area contributed by atoms with Crippen molar-refractivity contribution in [2.75, 3.05) is 13.6 Å². The molecule has 0 saturated heterocycles. The molecule has 1 aromatic rings. The van der Waals surface area contributed by atoms with Gasteiger partial charge in [-0.05, 0) is 43.9 Å². The first-order valence-corrected chi connectivity index (χ1v) is 7.54. The molecule has 0 bridgehead atoms. The van der Waals surface area contributed by atoms with E-state index in [1.807, 2.05) is 7.05 Å². The molecular weight excluding hydrogens is 261 g/mol. The van der Waals surface area contributed by atoms with Gasteiger partial charge < -0.3 is 5.32 Å². The molecule has 0 aromatic heterocycles. The monoisotopic (exact) mass is 285 g/mol. The van der Waals surface area contributed by atoms with Crippen LogP contribution in [0.4, 0.5) is 4.39 Å². The van der Waals surface area contributed by atoms with E-state index >= 15 is 0 Å². The van der Waals surface area contributed by atoms with Gasteiger partial charge in [0.25, 0.3) is 0 Å². The molecular formula is C16H25ClFN. The van der Waals surface area contributed by atoms with Crippen LogP contribution < -0.4 is 5.32 Å². The van der Waals surface area contributed by atoms with Crippen molar-refractivity contribution in [3.8, 4) is 0 Å². The van der Waals surface area contributed by atoms with Crippen LogP contribution in [0.1, 0.15) is 45.1 Å². The Morgan fingerprint density at radius 2 is 2.05 bits per heavy atom. The Kier molecular flexibility index (Phi) is 6.81. The number of hydrogen-bond acceptors (Lipinski definition) is 1. The smallest absolute Gasteiger partial charge is 0.127 e. The van der Waals surface area contributed by atoms with Crippen molar-refractivity contribution in [2.24, 2.45) is 5.41 Å². The standard InChI is InChI=1S/C16H25ClFN/c1-4-6-10-16(5-2,12-19-3)11-13-14(17)8-7-9-15(13)18/h7-9,19H,4-6,10-12H2,1-3H3. The Labute approximate surface area is 121 Å². The van der Waals surface area contributed by atoms with Gasteiger partial charge in [0, 0.05) is 17.1 Å². The number of halogens is 2. The molecule has 0 amide bonds. The zero-order valence-corrected chi connectivity index (χ0v) is 13.0. The summed E-state index contributed by atoms with van der Waals surface area (Å²) in [6.45, 7) is 5.27. The Morgan fingerprint density at radius 1 is 1.32 bits per heavy atom. The zero-order chi connectivity index (χ0) is 14.3. The summed E-state index contributed by atoms with van der Waals surface area (Å²) >= 11 is 6.17. The molecule has 0 radical (unpaired) electrons. The second-order valence-corrected chi connectivity index (χ2v) is 5.77. The van der Waals surface area contributed by atoms with Gasteiger partial charge in [0.2, 0.25) is 0 Å². The maximum atomic E-state index is 14.0. The summed E-state index contributed by atoms with van der Waals surface area (Å²) in [5.74, 6) is -0.182. The van der Waals surface area contributed by atoms with Gasteiger partial charge in [0.1, 0.15) is 5.82 Å². The lowest BCUT2D eigenvalue weighted by Crippen LogP contribution is -2.34. The summed E-state index contributed by atoms with van der Waals surface area (Å²) in [6, 6.07) is 4.94. The summed E-state index contributed by atoms with van der Waals surface area (Å²) in [5.41, 5.74) is 0.758. The maximum Gasteiger partial charge on any atom is 0.127 e. The van der Waals surface area contributed by atoms with Crippen molar-refractivity contribution in [3.05, 3.63) is 34.6 Å². The van der Waals surface area contributed by atoms with E-state index in [-0.39, 0.29) is 11.2 Å². The average molecular weight is 286 g/mol. The quantitative estimate of drug-likeness (QED) is 0.721. The van der Waals surface area contributed by atoms with E-state index < -0.39 is 0 Å². The summed E-state index contributed by atoms with van der Waals surface area (Å²) in [7, 11) is 1.96. The first-order chi connectivity index (χ1) is 9.08. The normalized spacial score (nSPS) is 14.4. The molecule has 1 atom stereocenters. The lowest BCUT2D eigenvalue weighted by molar-refractivity contribution is 0.232. The van der Waals surface area contributed by atoms with E-state index in [1.165, 1.54) is 12.5 Å². The van der Waals surface area contributed by atoms with Gasteiger partial charge in [-0.1, -0.05) is 44.4 Å². The van der Waals surface area contributed by atoms with Crippen molar-refractivity contribution in [2.45, 2.75) is 46.0 Å². The van der Waals surface area contributed by atoms with Crippen LogP contribution in [0.15, 0.2) is 18.2 Å². The molecule has 108 valence electrons. The third-order valence-electron chi connectivity index (χ3n) is 3.98. The van der Waals surface area contributed by atoms with Crippen LogP contribution in [-0.4, -0.2) is 13.6 Å². The largest absolute Gasteiger partial charge is 0.319 e. The maximum absolute atomic E-state index is 14.0. The fraction of sp³-hybridized carbons (Fsp3) is 0.625. The van der Waals surface area contributed by atoms with Crippen molar-refractivity contribution >= 4 is 11.6 Å². The van der Waals surface area contributed by atoms with Gasteiger partial charge >= 0.3 is 0 Å². The van der Waals surface area contributed by atoms with Crippen LogP contribution in [0.3, 0.4) is 0 Å². The Bertz CT molecular complexity index is 374. The van der Waals surface area contributed by atoms with Crippen LogP contribution in [0.5, 0.6) is 0 Å². The molecule has 0 spiro atoms. The Hall–Kier alpha value is -0.600. The summed E-state index contributed by atoms with van der Waals surface area (Å²) in [6.07, 6.45) is 5.16. The van der Waals surface area contributed by atoms with E-state index in [1.54, 1.807) is 12.1 Å². The minimum Gasteiger partial charge on any atom is -0.319 e. The molecule has 0 aliphatic rings. The lowest BCUT2D eigenvalue weighted by atomic mass is 9.75. The van der Waals surface area contributed by atoms with Gasteiger partial charge in [-0.2, -0.15) is 0 Å². The number of rotatable bonds is 8. The number of unbranched alkanes of at least 4 members (excludes halogenated alkanes) is 1. The molecule has 3 heteroatoms. The van der Waals surface area contributed by atoms with Crippen molar-refractivity contribution < 1.29 is 4.39 Å². The highest BCUT2D eigenvalue weighted by Crippen LogP contribution is 2.35. The summed E-state index contributed by atoms with van der Waals surface area (Å²) in [4.78, 5) is 0. The van der Waals surface area contributed by atoms with Gasteiger partial charge in [-0.25, -0.2) is 4.39 Å². The third kappa shape index (κ3) is 4.47. The number of nitrogens with one attached hydrogen (secondary N) is 1. The zero-order valence-electron chi connectivity index (χ0n) is 12.2. The van der Waals surface area contributed by atoms with Gasteiger partial charge in [0.05, 0.1) is 0 Å².